The monoisotopic (exact) mass is 391 g/mol. The molecule has 1 heterocycles. The molecule has 0 radical (unpaired) electrons. The number of morpholine rings is 1. The molecule has 152 valence electrons. The summed E-state index contributed by atoms with van der Waals surface area (Å²) in [6.45, 7) is 3.26. The third kappa shape index (κ3) is 7.61. The van der Waals surface area contributed by atoms with Crippen LogP contribution in [0, 0.1) is 0 Å². The highest BCUT2D eigenvalue weighted by Gasteiger charge is 2.30. The zero-order valence-corrected chi connectivity index (χ0v) is 14.8. The molecule has 1 saturated heterocycles. The van der Waals surface area contributed by atoms with Gasteiger partial charge in [0.1, 0.15) is 18.5 Å². The highest BCUT2D eigenvalue weighted by molar-refractivity contribution is 5.74. The number of halogens is 3. The Labute approximate surface area is 155 Å². The molecule has 2 rings (SSSR count). The van der Waals surface area contributed by atoms with Crippen LogP contribution >= 0.6 is 0 Å². The molecule has 2 amide bonds. The Morgan fingerprint density at radius 2 is 1.89 bits per heavy atom. The van der Waals surface area contributed by atoms with Gasteiger partial charge in [0.25, 0.3) is 0 Å². The fourth-order valence-electron chi connectivity index (χ4n) is 2.40. The van der Waals surface area contributed by atoms with Crippen molar-refractivity contribution in [3.05, 3.63) is 29.8 Å². The third-order valence-corrected chi connectivity index (χ3v) is 3.88. The van der Waals surface area contributed by atoms with Crippen molar-refractivity contribution in [2.75, 3.05) is 52.5 Å². The molecule has 0 saturated carbocycles. The Morgan fingerprint density at radius 1 is 1.22 bits per heavy atom. The van der Waals surface area contributed by atoms with E-state index in [9.17, 15) is 23.1 Å². The number of carbonyl (C=O) groups excluding carboxylic acids is 1. The molecule has 1 atom stereocenters. The van der Waals surface area contributed by atoms with Crippen molar-refractivity contribution in [1.82, 2.24) is 15.5 Å². The van der Waals surface area contributed by atoms with Gasteiger partial charge in [-0.3, -0.25) is 0 Å². The third-order valence-electron chi connectivity index (χ3n) is 3.88. The summed E-state index contributed by atoms with van der Waals surface area (Å²) >= 11 is 0. The summed E-state index contributed by atoms with van der Waals surface area (Å²) in [5.41, 5.74) is -0.754. The van der Waals surface area contributed by atoms with Gasteiger partial charge in [-0.2, -0.15) is 13.2 Å². The summed E-state index contributed by atoms with van der Waals surface area (Å²) in [6.07, 6.45) is -5.22. The molecule has 27 heavy (non-hydrogen) atoms. The van der Waals surface area contributed by atoms with Crippen LogP contribution < -0.4 is 15.4 Å². The number of hydrogen-bond acceptors (Lipinski definition) is 5. The Morgan fingerprint density at radius 3 is 2.52 bits per heavy atom. The molecule has 3 N–H and O–H groups in total. The van der Waals surface area contributed by atoms with Crippen LogP contribution in [0.2, 0.25) is 0 Å². The minimum atomic E-state index is -4.39. The van der Waals surface area contributed by atoms with E-state index in [4.69, 9.17) is 9.47 Å². The molecular weight excluding hydrogens is 367 g/mol. The summed E-state index contributed by atoms with van der Waals surface area (Å²) in [5, 5.41) is 15.6. The standard InChI is InChI=1S/C17H24F3N3O4/c18-17(19,20)13-1-3-15(4-2-13)27-12-14(24)11-21-5-6-22-16(25)23-7-9-26-10-8-23/h1-4,14,21,24H,5-12H2,(H,22,25). The minimum Gasteiger partial charge on any atom is -0.491 e. The topological polar surface area (TPSA) is 83.1 Å². The normalized spacial score (nSPS) is 16.1. The molecule has 1 aromatic rings. The van der Waals surface area contributed by atoms with Crippen LogP contribution in [0.25, 0.3) is 0 Å². The van der Waals surface area contributed by atoms with Crippen LogP contribution in [0.4, 0.5) is 18.0 Å². The van der Waals surface area contributed by atoms with Gasteiger partial charge in [0.15, 0.2) is 0 Å². The van der Waals surface area contributed by atoms with Crippen molar-refractivity contribution in [1.29, 1.82) is 0 Å². The summed E-state index contributed by atoms with van der Waals surface area (Å²) in [6, 6.07) is 4.13. The first kappa shape index (κ1) is 21.3. The second-order valence-electron chi connectivity index (χ2n) is 6.02. The van der Waals surface area contributed by atoms with E-state index in [-0.39, 0.29) is 24.9 Å². The second kappa shape index (κ2) is 10.3. The molecule has 10 heteroatoms. The van der Waals surface area contributed by atoms with E-state index < -0.39 is 17.8 Å². The predicted octanol–water partition coefficient (Wildman–Crippen LogP) is 1.08. The van der Waals surface area contributed by atoms with Crippen molar-refractivity contribution in [3.63, 3.8) is 0 Å². The Bertz CT molecular complexity index is 578. The number of nitrogens with zero attached hydrogens (tertiary/aromatic N) is 1. The molecule has 0 aliphatic carbocycles. The van der Waals surface area contributed by atoms with Gasteiger partial charge >= 0.3 is 12.2 Å². The predicted molar refractivity (Wildman–Crippen MR) is 91.6 cm³/mol. The lowest BCUT2D eigenvalue weighted by molar-refractivity contribution is -0.137. The van der Waals surface area contributed by atoms with Gasteiger partial charge in [0.2, 0.25) is 0 Å². The van der Waals surface area contributed by atoms with Gasteiger partial charge in [-0.1, -0.05) is 0 Å². The van der Waals surface area contributed by atoms with Crippen LogP contribution in [-0.2, 0) is 10.9 Å². The number of alkyl halides is 3. The molecule has 0 spiro atoms. The highest BCUT2D eigenvalue weighted by atomic mass is 19.4. The lowest BCUT2D eigenvalue weighted by atomic mass is 10.2. The van der Waals surface area contributed by atoms with E-state index in [1.165, 1.54) is 12.1 Å². The van der Waals surface area contributed by atoms with Gasteiger partial charge in [0.05, 0.1) is 18.8 Å². The van der Waals surface area contributed by atoms with Gasteiger partial charge in [0, 0.05) is 32.7 Å². The molecule has 0 bridgehead atoms. The van der Waals surface area contributed by atoms with Crippen molar-refractivity contribution >= 4 is 6.03 Å². The number of benzene rings is 1. The lowest BCUT2D eigenvalue weighted by Crippen LogP contribution is -2.47. The minimum absolute atomic E-state index is 0.0570. The smallest absolute Gasteiger partial charge is 0.416 e. The fraction of sp³-hybridized carbons (Fsp3) is 0.588. The number of aliphatic hydroxyl groups excluding tert-OH is 1. The van der Waals surface area contributed by atoms with Crippen LogP contribution in [0.1, 0.15) is 5.56 Å². The summed E-state index contributed by atoms with van der Waals surface area (Å²) < 4.78 is 47.8. The average Bonchev–Trinajstić information content (AvgIpc) is 2.66. The lowest BCUT2D eigenvalue weighted by Gasteiger charge is -2.27. The number of ether oxygens (including phenoxy) is 2. The largest absolute Gasteiger partial charge is 0.491 e. The average molecular weight is 391 g/mol. The Hall–Kier alpha value is -2.04. The number of rotatable bonds is 8. The summed E-state index contributed by atoms with van der Waals surface area (Å²) in [4.78, 5) is 13.5. The molecule has 1 aromatic carbocycles. The van der Waals surface area contributed by atoms with E-state index >= 15 is 0 Å². The Balaban J connectivity index is 1.55. The Kier molecular flexibility index (Phi) is 8.14. The van der Waals surface area contributed by atoms with Crippen LogP contribution in [0.5, 0.6) is 5.75 Å². The van der Waals surface area contributed by atoms with Gasteiger partial charge in [-0.05, 0) is 24.3 Å². The van der Waals surface area contributed by atoms with E-state index in [0.717, 1.165) is 12.1 Å². The van der Waals surface area contributed by atoms with Crippen LogP contribution in [0.15, 0.2) is 24.3 Å². The molecule has 1 fully saturated rings. The molecule has 1 unspecified atom stereocenters. The number of carbonyl (C=O) groups is 1. The van der Waals surface area contributed by atoms with Crippen molar-refractivity contribution < 1.29 is 32.5 Å². The molecule has 0 aromatic heterocycles. The van der Waals surface area contributed by atoms with Crippen molar-refractivity contribution in [2.45, 2.75) is 12.3 Å². The number of urea groups is 1. The number of nitrogens with one attached hydrogen (secondary N) is 2. The van der Waals surface area contributed by atoms with E-state index in [1.807, 2.05) is 0 Å². The van der Waals surface area contributed by atoms with Crippen LogP contribution in [-0.4, -0.2) is 74.7 Å². The molecule has 7 nitrogen and oxygen atoms in total. The second-order valence-corrected chi connectivity index (χ2v) is 6.02. The number of amides is 2. The zero-order chi connectivity index (χ0) is 19.7. The first-order valence-corrected chi connectivity index (χ1v) is 8.65. The highest BCUT2D eigenvalue weighted by Crippen LogP contribution is 2.30. The maximum atomic E-state index is 12.5. The van der Waals surface area contributed by atoms with Gasteiger partial charge < -0.3 is 30.1 Å². The van der Waals surface area contributed by atoms with Crippen molar-refractivity contribution in [3.8, 4) is 5.75 Å². The van der Waals surface area contributed by atoms with E-state index in [1.54, 1.807) is 4.90 Å². The molecule has 1 aliphatic rings. The van der Waals surface area contributed by atoms with Crippen molar-refractivity contribution in [2.24, 2.45) is 0 Å². The summed E-state index contributed by atoms with van der Waals surface area (Å²) in [5.74, 6) is 0.250. The fourth-order valence-corrected chi connectivity index (χ4v) is 2.40. The number of aliphatic hydroxyl groups is 1. The van der Waals surface area contributed by atoms with Gasteiger partial charge in [-0.25, -0.2) is 4.79 Å². The maximum absolute atomic E-state index is 12.5. The number of hydrogen-bond donors (Lipinski definition) is 3. The SMILES string of the molecule is O=C(NCCNCC(O)COc1ccc(C(F)(F)F)cc1)N1CCOCC1. The van der Waals surface area contributed by atoms with E-state index in [2.05, 4.69) is 10.6 Å². The maximum Gasteiger partial charge on any atom is 0.416 e. The zero-order valence-electron chi connectivity index (χ0n) is 14.8. The first-order valence-electron chi connectivity index (χ1n) is 8.65. The van der Waals surface area contributed by atoms with Crippen LogP contribution in [0.3, 0.4) is 0 Å². The summed E-state index contributed by atoms with van der Waals surface area (Å²) in [7, 11) is 0. The van der Waals surface area contributed by atoms with Gasteiger partial charge in [-0.15, -0.1) is 0 Å². The quantitative estimate of drug-likeness (QED) is 0.578. The van der Waals surface area contributed by atoms with E-state index in [0.29, 0.717) is 39.4 Å². The molecule has 1 aliphatic heterocycles. The first-order chi connectivity index (χ1) is 12.9. The molecular formula is C17H24F3N3O4.